The molecule has 0 unspecified atom stereocenters. The summed E-state index contributed by atoms with van der Waals surface area (Å²) < 4.78 is 0. The van der Waals surface area contributed by atoms with Gasteiger partial charge in [-0.1, -0.05) is 42.5 Å². The van der Waals surface area contributed by atoms with Crippen LogP contribution in [0.4, 0.5) is 5.69 Å². The van der Waals surface area contributed by atoms with Crippen molar-refractivity contribution in [1.82, 2.24) is 5.43 Å². The molecular formula is C18H13N3O2. The maximum absolute atomic E-state index is 12.5. The van der Waals surface area contributed by atoms with Crippen molar-refractivity contribution in [3.63, 3.8) is 0 Å². The van der Waals surface area contributed by atoms with Gasteiger partial charge in [0.25, 0.3) is 11.8 Å². The van der Waals surface area contributed by atoms with Crippen LogP contribution in [0.15, 0.2) is 71.2 Å². The fourth-order valence-electron chi connectivity index (χ4n) is 2.74. The lowest BCUT2D eigenvalue weighted by molar-refractivity contribution is -0.117. The number of allylic oxidation sites excluding steroid dienone is 1. The van der Waals surface area contributed by atoms with Crippen LogP contribution in [0.25, 0.3) is 0 Å². The molecule has 2 aliphatic heterocycles. The Kier molecular flexibility index (Phi) is 3.05. The highest BCUT2D eigenvalue weighted by Crippen LogP contribution is 2.23. The van der Waals surface area contributed by atoms with Crippen LogP contribution in [0.3, 0.4) is 0 Å². The first-order valence-corrected chi connectivity index (χ1v) is 7.29. The number of hydrogen-bond donors (Lipinski definition) is 1. The maximum atomic E-state index is 12.5. The van der Waals surface area contributed by atoms with Crippen LogP contribution in [-0.4, -0.2) is 17.5 Å². The van der Waals surface area contributed by atoms with Gasteiger partial charge < -0.3 is 0 Å². The van der Waals surface area contributed by atoms with Crippen LogP contribution in [0, 0.1) is 0 Å². The summed E-state index contributed by atoms with van der Waals surface area (Å²) in [6.45, 7) is 0.577. The van der Waals surface area contributed by atoms with Crippen LogP contribution in [0.5, 0.6) is 0 Å². The number of hydrazine groups is 1. The molecule has 5 heteroatoms. The lowest BCUT2D eigenvalue weighted by atomic mass is 10.0. The smallest absolute Gasteiger partial charge is 0.280 e. The zero-order valence-electron chi connectivity index (χ0n) is 12.2. The molecule has 0 aliphatic carbocycles. The molecule has 2 aliphatic rings. The van der Waals surface area contributed by atoms with Gasteiger partial charge in [-0.15, -0.1) is 0 Å². The standard InChI is InChI=1S/C18H13N3O2/c22-17-15(10-16-14-9-5-4-6-12(14)11-19-16)18(23)21(20-17)13-7-2-1-3-8-13/h1-10H,11H2,(H,20,22)/b15-10-. The molecule has 23 heavy (non-hydrogen) atoms. The molecular weight excluding hydrogens is 290 g/mol. The average molecular weight is 303 g/mol. The molecule has 1 N–H and O–H groups in total. The van der Waals surface area contributed by atoms with E-state index in [0.29, 0.717) is 17.9 Å². The third kappa shape index (κ3) is 2.23. The van der Waals surface area contributed by atoms with Crippen molar-refractivity contribution in [2.75, 3.05) is 5.01 Å². The molecule has 1 fully saturated rings. The number of fused-ring (bicyclic) bond motifs is 1. The van der Waals surface area contributed by atoms with E-state index in [4.69, 9.17) is 0 Å². The molecule has 5 nitrogen and oxygen atoms in total. The molecule has 2 aromatic carbocycles. The van der Waals surface area contributed by atoms with Crippen molar-refractivity contribution in [3.05, 3.63) is 77.4 Å². The minimum atomic E-state index is -0.411. The number of benzene rings is 2. The molecule has 2 aromatic rings. The number of aliphatic imine (C=N–C) groups is 1. The van der Waals surface area contributed by atoms with Crippen molar-refractivity contribution in [1.29, 1.82) is 0 Å². The minimum absolute atomic E-state index is 0.101. The molecule has 0 atom stereocenters. The summed E-state index contributed by atoms with van der Waals surface area (Å²) in [4.78, 5) is 29.1. The predicted octanol–water partition coefficient (Wildman–Crippen LogP) is 1.99. The molecule has 2 amide bonds. The molecule has 0 bridgehead atoms. The van der Waals surface area contributed by atoms with Crippen molar-refractivity contribution in [2.24, 2.45) is 4.99 Å². The lowest BCUT2D eigenvalue weighted by Gasteiger charge is -2.13. The Morgan fingerprint density at radius 3 is 2.57 bits per heavy atom. The Labute approximate surface area is 132 Å². The number of carbonyl (C=O) groups is 2. The number of rotatable bonds is 2. The zero-order chi connectivity index (χ0) is 15.8. The Hall–Kier alpha value is -3.21. The van der Waals surface area contributed by atoms with Crippen LogP contribution in [0.2, 0.25) is 0 Å². The summed E-state index contributed by atoms with van der Waals surface area (Å²) >= 11 is 0. The molecule has 0 radical (unpaired) electrons. The summed E-state index contributed by atoms with van der Waals surface area (Å²) in [5.41, 5.74) is 6.07. The number of para-hydroxylation sites is 1. The van der Waals surface area contributed by atoms with Gasteiger partial charge in [0.1, 0.15) is 5.57 Å². The SMILES string of the molecule is O=C1NN(c2ccccc2)C(=O)/C1=C\C1=NCc2ccccc21. The van der Waals surface area contributed by atoms with Crippen LogP contribution in [0.1, 0.15) is 11.1 Å². The largest absolute Gasteiger partial charge is 0.282 e. The van der Waals surface area contributed by atoms with Gasteiger partial charge in [0, 0.05) is 5.56 Å². The fraction of sp³-hybridized carbons (Fsp3) is 0.0556. The monoisotopic (exact) mass is 303 g/mol. The van der Waals surface area contributed by atoms with Crippen LogP contribution < -0.4 is 10.4 Å². The van der Waals surface area contributed by atoms with Crippen molar-refractivity contribution < 1.29 is 9.59 Å². The fourth-order valence-corrected chi connectivity index (χ4v) is 2.74. The first-order chi connectivity index (χ1) is 11.2. The van der Waals surface area contributed by atoms with E-state index in [-0.39, 0.29) is 11.5 Å². The first-order valence-electron chi connectivity index (χ1n) is 7.29. The second-order valence-electron chi connectivity index (χ2n) is 5.33. The number of carbonyl (C=O) groups excluding carboxylic acids is 2. The van der Waals surface area contributed by atoms with Crippen molar-refractivity contribution >= 4 is 23.2 Å². The Morgan fingerprint density at radius 2 is 1.74 bits per heavy atom. The van der Waals surface area contributed by atoms with E-state index in [0.717, 1.165) is 11.1 Å². The zero-order valence-corrected chi connectivity index (χ0v) is 12.2. The topological polar surface area (TPSA) is 61.8 Å². The van der Waals surface area contributed by atoms with E-state index in [1.54, 1.807) is 18.2 Å². The first kappa shape index (κ1) is 13.5. The van der Waals surface area contributed by atoms with Gasteiger partial charge in [-0.2, -0.15) is 0 Å². The summed E-state index contributed by atoms with van der Waals surface area (Å²) in [5, 5.41) is 1.26. The summed E-state index contributed by atoms with van der Waals surface area (Å²) in [6, 6.07) is 16.8. The number of hydrogen-bond acceptors (Lipinski definition) is 3. The van der Waals surface area contributed by atoms with Gasteiger partial charge >= 0.3 is 0 Å². The molecule has 0 saturated carbocycles. The Morgan fingerprint density at radius 1 is 1.00 bits per heavy atom. The van der Waals surface area contributed by atoms with Crippen molar-refractivity contribution in [2.45, 2.75) is 6.54 Å². The van der Waals surface area contributed by atoms with E-state index in [2.05, 4.69) is 10.4 Å². The molecule has 0 spiro atoms. The summed E-state index contributed by atoms with van der Waals surface area (Å²) in [6.07, 6.45) is 1.58. The number of nitrogens with zero attached hydrogens (tertiary/aromatic N) is 2. The lowest BCUT2D eigenvalue weighted by Crippen LogP contribution is -2.35. The highest BCUT2D eigenvalue weighted by atomic mass is 16.2. The summed E-state index contributed by atoms with van der Waals surface area (Å²) in [5.74, 6) is -0.779. The predicted molar refractivity (Wildman–Crippen MR) is 86.8 cm³/mol. The van der Waals surface area contributed by atoms with E-state index in [9.17, 15) is 9.59 Å². The van der Waals surface area contributed by atoms with Gasteiger partial charge in [0.15, 0.2) is 0 Å². The van der Waals surface area contributed by atoms with E-state index in [1.165, 1.54) is 5.01 Å². The highest BCUT2D eigenvalue weighted by molar-refractivity contribution is 6.32. The molecule has 0 aromatic heterocycles. The Balaban J connectivity index is 1.68. The van der Waals surface area contributed by atoms with Crippen LogP contribution >= 0.6 is 0 Å². The third-order valence-corrected chi connectivity index (χ3v) is 3.90. The normalized spacial score (nSPS) is 18.2. The highest BCUT2D eigenvalue weighted by Gasteiger charge is 2.35. The maximum Gasteiger partial charge on any atom is 0.282 e. The van der Waals surface area contributed by atoms with E-state index >= 15 is 0 Å². The van der Waals surface area contributed by atoms with Gasteiger partial charge in [0.05, 0.1) is 17.9 Å². The van der Waals surface area contributed by atoms with Crippen LogP contribution in [-0.2, 0) is 16.1 Å². The summed E-state index contributed by atoms with van der Waals surface area (Å²) in [7, 11) is 0. The molecule has 2 heterocycles. The van der Waals surface area contributed by atoms with Gasteiger partial charge in [-0.3, -0.25) is 20.0 Å². The Bertz CT molecular complexity index is 869. The van der Waals surface area contributed by atoms with Gasteiger partial charge in [-0.25, -0.2) is 5.01 Å². The van der Waals surface area contributed by atoms with Gasteiger partial charge in [0.2, 0.25) is 0 Å². The quantitative estimate of drug-likeness (QED) is 0.681. The second kappa shape index (κ2) is 5.21. The molecule has 112 valence electrons. The molecule has 1 saturated heterocycles. The van der Waals surface area contributed by atoms with Gasteiger partial charge in [-0.05, 0) is 23.8 Å². The van der Waals surface area contributed by atoms with E-state index < -0.39 is 5.91 Å². The number of nitrogens with one attached hydrogen (secondary N) is 1. The second-order valence-corrected chi connectivity index (χ2v) is 5.33. The number of anilines is 1. The molecule has 4 rings (SSSR count). The van der Waals surface area contributed by atoms with Crippen molar-refractivity contribution in [3.8, 4) is 0 Å². The average Bonchev–Trinajstić information content (AvgIpc) is 3.12. The number of amides is 2. The third-order valence-electron chi connectivity index (χ3n) is 3.90. The van der Waals surface area contributed by atoms with E-state index in [1.807, 2.05) is 42.5 Å². The minimum Gasteiger partial charge on any atom is -0.280 e.